The Bertz CT molecular complexity index is 1050. The monoisotopic (exact) mass is 427 g/mol. The number of hydrogen-bond donors (Lipinski definition) is 2. The van der Waals surface area contributed by atoms with Crippen molar-refractivity contribution in [3.05, 3.63) is 75.0 Å². The summed E-state index contributed by atoms with van der Waals surface area (Å²) in [6.45, 7) is 4.10. The lowest BCUT2D eigenvalue weighted by Crippen LogP contribution is -2.23. The Morgan fingerprint density at radius 1 is 1.03 bits per heavy atom. The summed E-state index contributed by atoms with van der Waals surface area (Å²) in [7, 11) is 0. The number of anilines is 1. The highest BCUT2D eigenvalue weighted by molar-refractivity contribution is 6.36. The van der Waals surface area contributed by atoms with Gasteiger partial charge in [-0.1, -0.05) is 61.3 Å². The first-order chi connectivity index (χ1) is 14.0. The standard InChI is InChI=1S/C23H23Cl2N3O/c1-3-18-21(16-10-9-14(24)12-17(16)25)26-19(4-2)23(27-18)28-22-15-8-6-5-7-13(15)11-20(22)29/h5-10,12,20,22,29H,3-4,11H2,1-2H3,(H,27,28)/t20-,22-/m1/s1. The highest BCUT2D eigenvalue weighted by atomic mass is 35.5. The first-order valence-electron chi connectivity index (χ1n) is 9.89. The zero-order valence-corrected chi connectivity index (χ0v) is 17.9. The van der Waals surface area contributed by atoms with Crippen molar-refractivity contribution < 1.29 is 5.11 Å². The third-order valence-corrected chi connectivity index (χ3v) is 5.94. The number of halogens is 2. The fourth-order valence-electron chi connectivity index (χ4n) is 3.91. The van der Waals surface area contributed by atoms with Crippen molar-refractivity contribution in [3.63, 3.8) is 0 Å². The predicted molar refractivity (Wildman–Crippen MR) is 119 cm³/mol. The number of benzene rings is 2. The van der Waals surface area contributed by atoms with Gasteiger partial charge in [0.2, 0.25) is 0 Å². The molecule has 4 rings (SSSR count). The number of hydrogen-bond acceptors (Lipinski definition) is 4. The van der Waals surface area contributed by atoms with E-state index in [1.807, 2.05) is 38.1 Å². The van der Waals surface area contributed by atoms with E-state index in [4.69, 9.17) is 33.2 Å². The molecule has 150 valence electrons. The van der Waals surface area contributed by atoms with Crippen molar-refractivity contribution in [3.8, 4) is 11.3 Å². The molecule has 0 fully saturated rings. The minimum Gasteiger partial charge on any atom is -0.390 e. The number of aromatic nitrogens is 2. The minimum absolute atomic E-state index is 0.194. The van der Waals surface area contributed by atoms with Crippen molar-refractivity contribution in [2.75, 3.05) is 5.32 Å². The second-order valence-electron chi connectivity index (χ2n) is 7.24. The molecule has 0 unspecified atom stereocenters. The van der Waals surface area contributed by atoms with Crippen LogP contribution in [0.15, 0.2) is 42.5 Å². The highest BCUT2D eigenvalue weighted by Gasteiger charge is 2.31. The van der Waals surface area contributed by atoms with Crippen LogP contribution in [0.4, 0.5) is 5.82 Å². The molecule has 0 saturated heterocycles. The van der Waals surface area contributed by atoms with E-state index in [-0.39, 0.29) is 6.04 Å². The third kappa shape index (κ3) is 3.85. The SMILES string of the molecule is CCc1nc(-c2ccc(Cl)cc2Cl)c(CC)nc1N[C@@H]1c2ccccc2C[C@H]1O. The van der Waals surface area contributed by atoms with E-state index >= 15 is 0 Å². The summed E-state index contributed by atoms with van der Waals surface area (Å²) in [6.07, 6.45) is 1.57. The number of aryl methyl sites for hydroxylation is 2. The van der Waals surface area contributed by atoms with Crippen LogP contribution in [0.1, 0.15) is 42.4 Å². The maximum atomic E-state index is 10.6. The molecule has 6 heteroatoms. The summed E-state index contributed by atoms with van der Waals surface area (Å²) < 4.78 is 0. The Hall–Kier alpha value is -2.14. The van der Waals surface area contributed by atoms with E-state index in [0.29, 0.717) is 29.3 Å². The molecule has 0 radical (unpaired) electrons. The van der Waals surface area contributed by atoms with Crippen LogP contribution in [0.25, 0.3) is 11.3 Å². The number of nitrogens with zero attached hydrogens (tertiary/aromatic N) is 2. The van der Waals surface area contributed by atoms with Crippen molar-refractivity contribution in [1.29, 1.82) is 0 Å². The molecule has 0 spiro atoms. The average Bonchev–Trinajstić information content (AvgIpc) is 3.03. The first-order valence-corrected chi connectivity index (χ1v) is 10.6. The van der Waals surface area contributed by atoms with Gasteiger partial charge in [0.15, 0.2) is 0 Å². The second-order valence-corrected chi connectivity index (χ2v) is 8.08. The Morgan fingerprint density at radius 3 is 2.52 bits per heavy atom. The first kappa shape index (κ1) is 20.1. The molecule has 2 atom stereocenters. The maximum absolute atomic E-state index is 10.6. The Kier molecular flexibility index (Phi) is 5.77. The van der Waals surface area contributed by atoms with E-state index in [0.717, 1.165) is 34.0 Å². The highest BCUT2D eigenvalue weighted by Crippen LogP contribution is 2.36. The van der Waals surface area contributed by atoms with Gasteiger partial charge < -0.3 is 10.4 Å². The molecule has 1 heterocycles. The number of aliphatic hydroxyl groups excluding tert-OH is 1. The topological polar surface area (TPSA) is 58.0 Å². The summed E-state index contributed by atoms with van der Waals surface area (Å²) in [4.78, 5) is 9.81. The van der Waals surface area contributed by atoms with Gasteiger partial charge in [-0.05, 0) is 42.2 Å². The zero-order valence-electron chi connectivity index (χ0n) is 16.4. The van der Waals surface area contributed by atoms with E-state index in [1.165, 1.54) is 5.56 Å². The van der Waals surface area contributed by atoms with Crippen LogP contribution in [0.2, 0.25) is 10.0 Å². The quantitative estimate of drug-likeness (QED) is 0.552. The fourth-order valence-corrected chi connectivity index (χ4v) is 4.40. The van der Waals surface area contributed by atoms with Crippen LogP contribution in [0, 0.1) is 0 Å². The average molecular weight is 428 g/mol. The molecule has 0 amide bonds. The molecule has 0 bridgehead atoms. The van der Waals surface area contributed by atoms with Crippen LogP contribution in [0.5, 0.6) is 0 Å². The number of rotatable bonds is 5. The molecule has 3 aromatic rings. The molecule has 4 nitrogen and oxygen atoms in total. The predicted octanol–water partition coefficient (Wildman–Crippen LogP) is 5.65. The molecule has 0 aliphatic heterocycles. The Morgan fingerprint density at radius 2 is 1.79 bits per heavy atom. The molecule has 1 aliphatic rings. The van der Waals surface area contributed by atoms with Gasteiger partial charge in [0, 0.05) is 17.0 Å². The number of fused-ring (bicyclic) bond motifs is 1. The van der Waals surface area contributed by atoms with E-state index in [1.54, 1.807) is 6.07 Å². The zero-order chi connectivity index (χ0) is 20.5. The van der Waals surface area contributed by atoms with Gasteiger partial charge in [-0.15, -0.1) is 0 Å². The fraction of sp³-hybridized carbons (Fsp3) is 0.304. The lowest BCUT2D eigenvalue weighted by molar-refractivity contribution is 0.165. The molecular formula is C23H23Cl2N3O. The van der Waals surface area contributed by atoms with Gasteiger partial charge in [-0.3, -0.25) is 0 Å². The summed E-state index contributed by atoms with van der Waals surface area (Å²) in [5.41, 5.74) is 5.60. The number of nitrogens with one attached hydrogen (secondary N) is 1. The lowest BCUT2D eigenvalue weighted by atomic mass is 10.1. The smallest absolute Gasteiger partial charge is 0.148 e. The van der Waals surface area contributed by atoms with Gasteiger partial charge in [0.1, 0.15) is 5.82 Å². The van der Waals surface area contributed by atoms with Crippen LogP contribution >= 0.6 is 23.2 Å². The maximum Gasteiger partial charge on any atom is 0.148 e. The van der Waals surface area contributed by atoms with Gasteiger partial charge in [0.05, 0.1) is 34.3 Å². The Labute approximate surface area is 180 Å². The summed E-state index contributed by atoms with van der Waals surface area (Å²) >= 11 is 12.5. The Balaban J connectivity index is 1.76. The van der Waals surface area contributed by atoms with E-state index in [2.05, 4.69) is 17.4 Å². The summed E-state index contributed by atoms with van der Waals surface area (Å²) in [5.74, 6) is 0.721. The largest absolute Gasteiger partial charge is 0.390 e. The van der Waals surface area contributed by atoms with Crippen LogP contribution < -0.4 is 5.32 Å². The van der Waals surface area contributed by atoms with Crippen LogP contribution in [0.3, 0.4) is 0 Å². The van der Waals surface area contributed by atoms with Gasteiger partial charge in [0.25, 0.3) is 0 Å². The molecule has 2 N–H and O–H groups in total. The molecule has 1 aliphatic carbocycles. The van der Waals surface area contributed by atoms with Crippen molar-refractivity contribution in [2.24, 2.45) is 0 Å². The van der Waals surface area contributed by atoms with Gasteiger partial charge in [-0.25, -0.2) is 9.97 Å². The normalized spacial score (nSPS) is 18.0. The van der Waals surface area contributed by atoms with Crippen molar-refractivity contribution >= 4 is 29.0 Å². The van der Waals surface area contributed by atoms with E-state index < -0.39 is 6.10 Å². The minimum atomic E-state index is -0.491. The number of aliphatic hydroxyl groups is 1. The van der Waals surface area contributed by atoms with Crippen LogP contribution in [-0.4, -0.2) is 21.2 Å². The second kappa shape index (κ2) is 8.31. The molecule has 29 heavy (non-hydrogen) atoms. The summed E-state index contributed by atoms with van der Waals surface area (Å²) in [5, 5.41) is 15.2. The lowest BCUT2D eigenvalue weighted by Gasteiger charge is -2.21. The van der Waals surface area contributed by atoms with Gasteiger partial charge in [-0.2, -0.15) is 0 Å². The molecule has 1 aromatic heterocycles. The third-order valence-electron chi connectivity index (χ3n) is 5.39. The van der Waals surface area contributed by atoms with Crippen LogP contribution in [-0.2, 0) is 19.3 Å². The van der Waals surface area contributed by atoms with Gasteiger partial charge >= 0.3 is 0 Å². The summed E-state index contributed by atoms with van der Waals surface area (Å²) in [6, 6.07) is 13.4. The van der Waals surface area contributed by atoms with E-state index in [9.17, 15) is 5.11 Å². The molecular weight excluding hydrogens is 405 g/mol. The molecule has 2 aromatic carbocycles. The molecule has 0 saturated carbocycles. The van der Waals surface area contributed by atoms with Crippen molar-refractivity contribution in [2.45, 2.75) is 45.3 Å². The van der Waals surface area contributed by atoms with Crippen molar-refractivity contribution in [1.82, 2.24) is 9.97 Å².